The maximum Gasteiger partial charge on any atom is 0.253 e. The number of hydrogen-bond donors (Lipinski definition) is 1. The fourth-order valence-electron chi connectivity index (χ4n) is 3.24. The van der Waals surface area contributed by atoms with Crippen LogP contribution in [0.25, 0.3) is 16.6 Å². The Morgan fingerprint density at radius 3 is 2.85 bits per heavy atom. The van der Waals surface area contributed by atoms with Crippen LogP contribution in [0.5, 0.6) is 5.75 Å². The first-order chi connectivity index (χ1) is 13.1. The van der Waals surface area contributed by atoms with Crippen molar-refractivity contribution in [3.05, 3.63) is 60.2 Å². The van der Waals surface area contributed by atoms with E-state index in [1.165, 1.54) is 0 Å². The van der Waals surface area contributed by atoms with Crippen molar-refractivity contribution in [2.24, 2.45) is 0 Å². The molecule has 0 atom stereocenters. The van der Waals surface area contributed by atoms with E-state index in [0.29, 0.717) is 17.9 Å². The van der Waals surface area contributed by atoms with Crippen LogP contribution in [0.1, 0.15) is 36.1 Å². The molecule has 0 spiro atoms. The van der Waals surface area contributed by atoms with Crippen LogP contribution in [0.15, 0.2) is 48.8 Å². The Morgan fingerprint density at radius 1 is 1.22 bits per heavy atom. The highest BCUT2D eigenvalue weighted by molar-refractivity contribution is 6.07. The fourth-order valence-corrected chi connectivity index (χ4v) is 3.24. The molecule has 4 rings (SSSR count). The van der Waals surface area contributed by atoms with Crippen molar-refractivity contribution in [2.75, 3.05) is 7.11 Å². The lowest BCUT2D eigenvalue weighted by molar-refractivity contribution is 0.0951. The molecular weight excluding hydrogens is 342 g/mol. The standard InChI is InChI=1S/C20H21N5O2/c1-13(2)25-12-16(15-10-14(27-3)7-8-17(15)25)20(26)21-11-19-23-22-18-6-4-5-9-24(18)19/h4-10,12-13H,11H2,1-3H3,(H,21,26). The Hall–Kier alpha value is -3.35. The van der Waals surface area contributed by atoms with E-state index < -0.39 is 0 Å². The smallest absolute Gasteiger partial charge is 0.253 e. The van der Waals surface area contributed by atoms with E-state index in [-0.39, 0.29) is 11.9 Å². The number of nitrogens with zero attached hydrogens (tertiary/aromatic N) is 4. The molecule has 4 aromatic rings. The number of pyridine rings is 1. The van der Waals surface area contributed by atoms with Gasteiger partial charge in [-0.3, -0.25) is 9.20 Å². The summed E-state index contributed by atoms with van der Waals surface area (Å²) >= 11 is 0. The number of hydrogen-bond acceptors (Lipinski definition) is 4. The number of carbonyl (C=O) groups is 1. The van der Waals surface area contributed by atoms with Crippen molar-refractivity contribution in [3.63, 3.8) is 0 Å². The highest BCUT2D eigenvalue weighted by Crippen LogP contribution is 2.28. The monoisotopic (exact) mass is 363 g/mol. The third-order valence-electron chi connectivity index (χ3n) is 4.63. The fraction of sp³-hybridized carbons (Fsp3) is 0.250. The normalized spacial score (nSPS) is 11.4. The number of nitrogens with one attached hydrogen (secondary N) is 1. The SMILES string of the molecule is COc1ccc2c(c1)c(C(=O)NCc1nnc3ccccn13)cn2C(C)C. The molecule has 7 heteroatoms. The summed E-state index contributed by atoms with van der Waals surface area (Å²) in [5, 5.41) is 12.1. The summed E-state index contributed by atoms with van der Waals surface area (Å²) in [6.07, 6.45) is 3.78. The van der Waals surface area contributed by atoms with E-state index in [1.54, 1.807) is 7.11 Å². The van der Waals surface area contributed by atoms with Gasteiger partial charge in [0.1, 0.15) is 5.75 Å². The molecule has 138 valence electrons. The summed E-state index contributed by atoms with van der Waals surface area (Å²) < 4.78 is 9.29. The number of methoxy groups -OCH3 is 1. The molecule has 0 unspecified atom stereocenters. The Morgan fingerprint density at radius 2 is 2.07 bits per heavy atom. The second-order valence-electron chi connectivity index (χ2n) is 6.65. The summed E-state index contributed by atoms with van der Waals surface area (Å²) in [6.45, 7) is 4.48. The Labute approximate surface area is 156 Å². The number of amides is 1. The summed E-state index contributed by atoms with van der Waals surface area (Å²) in [7, 11) is 1.62. The van der Waals surface area contributed by atoms with E-state index in [1.807, 2.05) is 53.2 Å². The van der Waals surface area contributed by atoms with Crippen LogP contribution in [-0.4, -0.2) is 32.2 Å². The van der Waals surface area contributed by atoms with Crippen LogP contribution in [0.3, 0.4) is 0 Å². The van der Waals surface area contributed by atoms with Gasteiger partial charge in [0.15, 0.2) is 11.5 Å². The van der Waals surface area contributed by atoms with Gasteiger partial charge in [0.25, 0.3) is 5.91 Å². The Balaban J connectivity index is 1.65. The number of benzene rings is 1. The maximum absolute atomic E-state index is 12.9. The van der Waals surface area contributed by atoms with Gasteiger partial charge in [-0.25, -0.2) is 0 Å². The van der Waals surface area contributed by atoms with Crippen LogP contribution in [0.2, 0.25) is 0 Å². The zero-order valence-corrected chi connectivity index (χ0v) is 15.5. The molecule has 1 amide bonds. The van der Waals surface area contributed by atoms with Crippen LogP contribution in [0.4, 0.5) is 0 Å². The van der Waals surface area contributed by atoms with Gasteiger partial charge < -0.3 is 14.6 Å². The lowest BCUT2D eigenvalue weighted by Gasteiger charge is -2.09. The average molecular weight is 363 g/mol. The lowest BCUT2D eigenvalue weighted by Crippen LogP contribution is -2.23. The van der Waals surface area contributed by atoms with Gasteiger partial charge in [-0.05, 0) is 44.2 Å². The quantitative estimate of drug-likeness (QED) is 0.591. The van der Waals surface area contributed by atoms with Gasteiger partial charge in [0, 0.05) is 29.3 Å². The first-order valence-corrected chi connectivity index (χ1v) is 8.84. The van der Waals surface area contributed by atoms with Crippen molar-refractivity contribution in [3.8, 4) is 5.75 Å². The predicted molar refractivity (Wildman–Crippen MR) is 103 cm³/mol. The van der Waals surface area contributed by atoms with Gasteiger partial charge in [0.2, 0.25) is 0 Å². The predicted octanol–water partition coefficient (Wildman–Crippen LogP) is 3.20. The van der Waals surface area contributed by atoms with Crippen molar-refractivity contribution >= 4 is 22.5 Å². The zero-order chi connectivity index (χ0) is 19.0. The second-order valence-corrected chi connectivity index (χ2v) is 6.65. The van der Waals surface area contributed by atoms with Gasteiger partial charge in [-0.2, -0.15) is 0 Å². The maximum atomic E-state index is 12.9. The molecule has 0 aliphatic rings. The van der Waals surface area contributed by atoms with Gasteiger partial charge in [0.05, 0.1) is 19.2 Å². The average Bonchev–Trinajstić information content (AvgIpc) is 3.27. The second kappa shape index (κ2) is 6.75. The zero-order valence-electron chi connectivity index (χ0n) is 15.5. The highest BCUT2D eigenvalue weighted by atomic mass is 16.5. The summed E-state index contributed by atoms with van der Waals surface area (Å²) in [6, 6.07) is 11.7. The first-order valence-electron chi connectivity index (χ1n) is 8.84. The molecular formula is C20H21N5O2. The van der Waals surface area contributed by atoms with Crippen LogP contribution in [-0.2, 0) is 6.54 Å². The third kappa shape index (κ3) is 3.01. The topological polar surface area (TPSA) is 73.4 Å². The highest BCUT2D eigenvalue weighted by Gasteiger charge is 2.17. The largest absolute Gasteiger partial charge is 0.497 e. The van der Waals surface area contributed by atoms with Crippen molar-refractivity contribution in [2.45, 2.75) is 26.4 Å². The third-order valence-corrected chi connectivity index (χ3v) is 4.63. The summed E-state index contributed by atoms with van der Waals surface area (Å²) in [4.78, 5) is 12.9. The molecule has 1 aromatic carbocycles. The molecule has 0 saturated heterocycles. The molecule has 3 heterocycles. The van der Waals surface area contributed by atoms with E-state index >= 15 is 0 Å². The van der Waals surface area contributed by atoms with E-state index in [2.05, 4.69) is 33.9 Å². The molecule has 7 nitrogen and oxygen atoms in total. The summed E-state index contributed by atoms with van der Waals surface area (Å²) in [5.74, 6) is 1.26. The minimum absolute atomic E-state index is 0.152. The number of rotatable bonds is 5. The van der Waals surface area contributed by atoms with Crippen molar-refractivity contribution < 1.29 is 9.53 Å². The Kier molecular flexibility index (Phi) is 4.27. The van der Waals surface area contributed by atoms with Crippen LogP contribution in [0, 0.1) is 0 Å². The summed E-state index contributed by atoms with van der Waals surface area (Å²) in [5.41, 5.74) is 2.37. The molecule has 1 N–H and O–H groups in total. The minimum atomic E-state index is -0.152. The number of fused-ring (bicyclic) bond motifs is 2. The number of ether oxygens (including phenoxy) is 1. The molecule has 0 aliphatic heterocycles. The van der Waals surface area contributed by atoms with Gasteiger partial charge >= 0.3 is 0 Å². The van der Waals surface area contributed by atoms with Crippen molar-refractivity contribution in [1.82, 2.24) is 24.5 Å². The molecule has 3 aromatic heterocycles. The lowest BCUT2D eigenvalue weighted by atomic mass is 10.1. The van der Waals surface area contributed by atoms with E-state index in [0.717, 1.165) is 22.3 Å². The van der Waals surface area contributed by atoms with Gasteiger partial charge in [-0.1, -0.05) is 6.07 Å². The van der Waals surface area contributed by atoms with E-state index in [4.69, 9.17) is 4.74 Å². The first kappa shape index (κ1) is 17.1. The van der Waals surface area contributed by atoms with Crippen molar-refractivity contribution in [1.29, 1.82) is 0 Å². The molecule has 0 bridgehead atoms. The van der Waals surface area contributed by atoms with Crippen LogP contribution < -0.4 is 10.1 Å². The molecule has 27 heavy (non-hydrogen) atoms. The number of carbonyl (C=O) groups excluding carboxylic acids is 1. The molecule has 0 fully saturated rings. The minimum Gasteiger partial charge on any atom is -0.497 e. The van der Waals surface area contributed by atoms with Crippen LogP contribution >= 0.6 is 0 Å². The molecule has 0 radical (unpaired) electrons. The van der Waals surface area contributed by atoms with Gasteiger partial charge in [-0.15, -0.1) is 10.2 Å². The molecule has 0 aliphatic carbocycles. The number of aromatic nitrogens is 4. The Bertz CT molecular complexity index is 1130. The molecule has 0 saturated carbocycles. The van der Waals surface area contributed by atoms with E-state index in [9.17, 15) is 4.79 Å².